The van der Waals surface area contributed by atoms with Gasteiger partial charge in [-0.25, -0.2) is 4.57 Å². The number of aromatic nitrogens is 1. The average molecular weight is 296 g/mol. The molecule has 1 nitrogen and oxygen atoms in total. The highest BCUT2D eigenvalue weighted by atomic mass is 14.9. The number of aryl methyl sites for hydroxylation is 2. The van der Waals surface area contributed by atoms with Gasteiger partial charge in [0, 0.05) is 17.7 Å². The maximum absolute atomic E-state index is 2.35. The van der Waals surface area contributed by atoms with Crippen LogP contribution in [0.1, 0.15) is 51.3 Å². The Morgan fingerprint density at radius 3 is 2.27 bits per heavy atom. The summed E-state index contributed by atoms with van der Waals surface area (Å²) in [5.41, 5.74) is 6.98. The van der Waals surface area contributed by atoms with E-state index < -0.39 is 0 Å². The van der Waals surface area contributed by atoms with Crippen molar-refractivity contribution in [3.8, 4) is 11.3 Å². The fourth-order valence-electron chi connectivity index (χ4n) is 2.92. The van der Waals surface area contributed by atoms with Crippen LogP contribution in [-0.2, 0) is 18.9 Å². The molecule has 2 rings (SSSR count). The second-order valence-electron chi connectivity index (χ2n) is 7.91. The lowest BCUT2D eigenvalue weighted by molar-refractivity contribution is -0.660. The van der Waals surface area contributed by atoms with Crippen LogP contribution in [0.3, 0.4) is 0 Å². The van der Waals surface area contributed by atoms with Crippen LogP contribution >= 0.6 is 0 Å². The normalized spacial score (nSPS) is 12.0. The van der Waals surface area contributed by atoms with Crippen molar-refractivity contribution in [3.05, 3.63) is 53.2 Å². The highest BCUT2D eigenvalue weighted by Gasteiger charge is 2.20. The van der Waals surface area contributed by atoms with Crippen LogP contribution in [0.25, 0.3) is 11.3 Å². The minimum absolute atomic E-state index is 0.175. The number of benzene rings is 1. The van der Waals surface area contributed by atoms with E-state index in [1.807, 2.05) is 0 Å². The molecule has 1 aromatic heterocycles. The van der Waals surface area contributed by atoms with E-state index >= 15 is 0 Å². The average Bonchev–Trinajstić information content (AvgIpc) is 2.38. The first-order valence-corrected chi connectivity index (χ1v) is 8.28. The molecule has 0 saturated heterocycles. The van der Waals surface area contributed by atoms with E-state index in [1.54, 1.807) is 0 Å². The van der Waals surface area contributed by atoms with Gasteiger partial charge in [0.05, 0.1) is 0 Å². The van der Waals surface area contributed by atoms with Gasteiger partial charge in [-0.3, -0.25) is 0 Å². The molecule has 0 unspecified atom stereocenters. The Morgan fingerprint density at radius 1 is 1.05 bits per heavy atom. The van der Waals surface area contributed by atoms with E-state index in [0.717, 1.165) is 6.42 Å². The van der Waals surface area contributed by atoms with E-state index in [2.05, 4.69) is 89.7 Å². The molecule has 0 radical (unpaired) electrons. The predicted molar refractivity (Wildman–Crippen MR) is 95.0 cm³/mol. The molecule has 1 heterocycles. The minimum atomic E-state index is 0.175. The third kappa shape index (κ3) is 3.76. The lowest BCUT2D eigenvalue weighted by atomic mass is 9.86. The summed E-state index contributed by atoms with van der Waals surface area (Å²) in [6.45, 7) is 13.6. The molecule has 0 aliphatic rings. The molecule has 0 saturated carbocycles. The first kappa shape index (κ1) is 16.7. The smallest absolute Gasteiger partial charge is 0.201 e. The van der Waals surface area contributed by atoms with Crippen LogP contribution in [0.4, 0.5) is 0 Å². The van der Waals surface area contributed by atoms with Crippen molar-refractivity contribution >= 4 is 0 Å². The van der Waals surface area contributed by atoms with Crippen LogP contribution < -0.4 is 4.57 Å². The van der Waals surface area contributed by atoms with E-state index in [9.17, 15) is 0 Å². The topological polar surface area (TPSA) is 3.88 Å². The van der Waals surface area contributed by atoms with E-state index in [-0.39, 0.29) is 5.41 Å². The largest absolute Gasteiger partial charge is 0.212 e. The Bertz CT molecular complexity index is 660. The van der Waals surface area contributed by atoms with Crippen LogP contribution in [0, 0.1) is 12.8 Å². The molecule has 0 aliphatic carbocycles. The van der Waals surface area contributed by atoms with Gasteiger partial charge in [-0.15, -0.1) is 0 Å². The van der Waals surface area contributed by atoms with Gasteiger partial charge < -0.3 is 0 Å². The number of rotatable bonds is 3. The first-order valence-electron chi connectivity index (χ1n) is 8.28. The molecule has 0 aliphatic heterocycles. The lowest BCUT2D eigenvalue weighted by Gasteiger charge is -2.19. The summed E-state index contributed by atoms with van der Waals surface area (Å²) in [7, 11) is 2.13. The number of hydrogen-bond acceptors (Lipinski definition) is 0. The van der Waals surface area contributed by atoms with Gasteiger partial charge in [-0.1, -0.05) is 46.8 Å². The Labute approximate surface area is 136 Å². The van der Waals surface area contributed by atoms with Crippen LogP contribution in [0.15, 0.2) is 36.5 Å². The molecule has 0 amide bonds. The Morgan fingerprint density at radius 2 is 1.73 bits per heavy atom. The monoisotopic (exact) mass is 296 g/mol. The third-order valence-corrected chi connectivity index (χ3v) is 4.23. The second kappa shape index (κ2) is 6.24. The van der Waals surface area contributed by atoms with E-state index in [4.69, 9.17) is 0 Å². The number of hydrogen-bond donors (Lipinski definition) is 0. The molecule has 2 aromatic rings. The van der Waals surface area contributed by atoms with Gasteiger partial charge >= 0.3 is 0 Å². The molecule has 0 fully saturated rings. The molecule has 0 spiro atoms. The standard InChI is InChI=1S/C21H30N/c1-15(2)12-17-8-9-19(16(3)13-17)20-14-18(21(4,5)6)10-11-22(20)7/h8-11,13-15H,12H2,1-7H3/q+1. The van der Waals surface area contributed by atoms with E-state index in [1.165, 1.54) is 27.9 Å². The zero-order valence-corrected chi connectivity index (χ0v) is 15.2. The fraction of sp³-hybridized carbons (Fsp3) is 0.476. The molecular formula is C21H30N+. The first-order chi connectivity index (χ1) is 10.2. The van der Waals surface area contributed by atoms with Crippen molar-refractivity contribution in [3.63, 3.8) is 0 Å². The molecule has 22 heavy (non-hydrogen) atoms. The Hall–Kier alpha value is -1.63. The number of pyridine rings is 1. The second-order valence-corrected chi connectivity index (χ2v) is 7.91. The predicted octanol–water partition coefficient (Wildman–Crippen LogP) is 4.98. The molecule has 1 heteroatoms. The molecule has 0 bridgehead atoms. The van der Waals surface area contributed by atoms with Crippen LogP contribution in [-0.4, -0.2) is 0 Å². The minimum Gasteiger partial charge on any atom is -0.201 e. The molecule has 1 aromatic carbocycles. The molecule has 0 N–H and O–H groups in total. The highest BCUT2D eigenvalue weighted by molar-refractivity contribution is 5.62. The summed E-state index contributed by atoms with van der Waals surface area (Å²) in [4.78, 5) is 0. The third-order valence-electron chi connectivity index (χ3n) is 4.23. The quantitative estimate of drug-likeness (QED) is 0.703. The van der Waals surface area contributed by atoms with Crippen LogP contribution in [0.2, 0.25) is 0 Å². The van der Waals surface area contributed by atoms with Gasteiger partial charge in [0.15, 0.2) is 6.20 Å². The summed E-state index contributed by atoms with van der Waals surface area (Å²) in [6.07, 6.45) is 3.33. The SMILES string of the molecule is Cc1cc(CC(C)C)ccc1-c1cc(C(C)(C)C)cc[n+]1C. The van der Waals surface area contributed by atoms with Crippen molar-refractivity contribution in [1.29, 1.82) is 0 Å². The summed E-state index contributed by atoms with van der Waals surface area (Å²) >= 11 is 0. The number of nitrogens with zero attached hydrogens (tertiary/aromatic N) is 1. The van der Waals surface area contributed by atoms with Gasteiger partial charge in [0.1, 0.15) is 7.05 Å². The maximum Gasteiger partial charge on any atom is 0.212 e. The van der Waals surface area contributed by atoms with Gasteiger partial charge in [-0.05, 0) is 47.4 Å². The van der Waals surface area contributed by atoms with Gasteiger partial charge in [0.2, 0.25) is 5.69 Å². The van der Waals surface area contributed by atoms with Crippen molar-refractivity contribution in [1.82, 2.24) is 0 Å². The van der Waals surface area contributed by atoms with Crippen LogP contribution in [0.5, 0.6) is 0 Å². The van der Waals surface area contributed by atoms with Crippen molar-refractivity contribution in [2.24, 2.45) is 13.0 Å². The Kier molecular flexibility index (Phi) is 4.75. The molecule has 0 atom stereocenters. The molecule has 118 valence electrons. The van der Waals surface area contributed by atoms with Crippen molar-refractivity contribution in [2.75, 3.05) is 0 Å². The van der Waals surface area contributed by atoms with Crippen molar-refractivity contribution < 1.29 is 4.57 Å². The zero-order valence-electron chi connectivity index (χ0n) is 15.2. The van der Waals surface area contributed by atoms with Gasteiger partial charge in [-0.2, -0.15) is 0 Å². The highest BCUT2D eigenvalue weighted by Crippen LogP contribution is 2.27. The summed E-state index contributed by atoms with van der Waals surface area (Å²) in [5.74, 6) is 0.700. The summed E-state index contributed by atoms with van der Waals surface area (Å²) in [6, 6.07) is 11.5. The lowest BCUT2D eigenvalue weighted by Crippen LogP contribution is -2.31. The zero-order chi connectivity index (χ0) is 16.5. The van der Waals surface area contributed by atoms with Crippen molar-refractivity contribution in [2.45, 2.75) is 53.4 Å². The fourth-order valence-corrected chi connectivity index (χ4v) is 2.92. The molecular weight excluding hydrogens is 266 g/mol. The maximum atomic E-state index is 2.35. The summed E-state index contributed by atoms with van der Waals surface area (Å²) in [5, 5.41) is 0. The Balaban J connectivity index is 2.48. The van der Waals surface area contributed by atoms with Gasteiger partial charge in [0.25, 0.3) is 0 Å². The summed E-state index contributed by atoms with van der Waals surface area (Å²) < 4.78 is 2.22. The van der Waals surface area contributed by atoms with E-state index in [0.29, 0.717) is 5.92 Å².